The van der Waals surface area contributed by atoms with Crippen molar-refractivity contribution < 1.29 is 14.7 Å². The number of aromatic nitrogens is 1. The third-order valence-electron chi connectivity index (χ3n) is 5.53. The van der Waals surface area contributed by atoms with E-state index in [0.717, 1.165) is 29.3 Å². The van der Waals surface area contributed by atoms with Gasteiger partial charge in [-0.15, -0.1) is 0 Å². The summed E-state index contributed by atoms with van der Waals surface area (Å²) in [7, 11) is 0. The van der Waals surface area contributed by atoms with Crippen molar-refractivity contribution in [3.8, 4) is 0 Å². The number of unbranched alkanes of at least 4 members (excludes halogenated alkanes) is 6. The van der Waals surface area contributed by atoms with Gasteiger partial charge in [0.1, 0.15) is 0 Å². The monoisotopic (exact) mass is 385 g/mol. The van der Waals surface area contributed by atoms with Gasteiger partial charge in [0, 0.05) is 41.5 Å². The number of para-hydroxylation sites is 1. The molecule has 28 heavy (non-hydrogen) atoms. The molecule has 0 aliphatic rings. The van der Waals surface area contributed by atoms with Crippen LogP contribution in [0.4, 0.5) is 0 Å². The summed E-state index contributed by atoms with van der Waals surface area (Å²) < 4.78 is 2.03. The number of carbonyl (C=O) groups is 2. The van der Waals surface area contributed by atoms with Crippen molar-refractivity contribution >= 4 is 22.7 Å². The maximum Gasteiger partial charge on any atom is 0.303 e. The average molecular weight is 386 g/mol. The fourth-order valence-electron chi connectivity index (χ4n) is 3.83. The Morgan fingerprint density at radius 3 is 2.39 bits per heavy atom. The van der Waals surface area contributed by atoms with E-state index in [1.54, 1.807) is 0 Å². The molecule has 154 valence electrons. The summed E-state index contributed by atoms with van der Waals surface area (Å²) in [6.45, 7) is 4.89. The quantitative estimate of drug-likeness (QED) is 0.300. The molecule has 4 nitrogen and oxygen atoms in total. The zero-order chi connectivity index (χ0) is 20.4. The Bertz CT molecular complexity index is 762. The summed E-state index contributed by atoms with van der Waals surface area (Å²) in [6.07, 6.45) is 12.4. The Labute approximate surface area is 168 Å². The number of hydrogen-bond acceptors (Lipinski definition) is 2. The summed E-state index contributed by atoms with van der Waals surface area (Å²) >= 11 is 0. The van der Waals surface area contributed by atoms with Crippen LogP contribution in [0.15, 0.2) is 30.5 Å². The van der Waals surface area contributed by atoms with Gasteiger partial charge < -0.3 is 9.67 Å². The zero-order valence-electron chi connectivity index (χ0n) is 17.5. The Hall–Kier alpha value is -2.10. The van der Waals surface area contributed by atoms with Crippen LogP contribution in [0, 0.1) is 5.92 Å². The molecule has 0 radical (unpaired) electrons. The lowest BCUT2D eigenvalue weighted by molar-refractivity contribution is -0.137. The lowest BCUT2D eigenvalue weighted by Gasteiger charge is -2.10. The second-order valence-electron chi connectivity index (χ2n) is 7.93. The third kappa shape index (κ3) is 6.50. The number of Topliss-reactive ketones (excluding diaryl/α,β-unsaturated/α-hetero) is 1. The first-order chi connectivity index (χ1) is 13.5. The second-order valence-corrected chi connectivity index (χ2v) is 7.93. The summed E-state index contributed by atoms with van der Waals surface area (Å²) in [5.41, 5.74) is 1.79. The van der Waals surface area contributed by atoms with E-state index in [-0.39, 0.29) is 18.1 Å². The SMILES string of the molecule is CCCCCCCCCC(C)C(=O)c1cn(CCCC(=O)O)c2ccccc12. The molecule has 1 unspecified atom stereocenters. The van der Waals surface area contributed by atoms with Gasteiger partial charge in [-0.2, -0.15) is 0 Å². The lowest BCUT2D eigenvalue weighted by Crippen LogP contribution is -2.11. The minimum Gasteiger partial charge on any atom is -0.481 e. The molecule has 1 aromatic carbocycles. The van der Waals surface area contributed by atoms with E-state index in [2.05, 4.69) is 6.92 Å². The molecule has 1 aromatic heterocycles. The minimum absolute atomic E-state index is 0.0221. The minimum atomic E-state index is -0.781. The van der Waals surface area contributed by atoms with Crippen molar-refractivity contribution in [1.29, 1.82) is 0 Å². The molecule has 2 aromatic rings. The van der Waals surface area contributed by atoms with E-state index >= 15 is 0 Å². The average Bonchev–Trinajstić information content (AvgIpc) is 3.05. The molecule has 0 spiro atoms. The van der Waals surface area contributed by atoms with Gasteiger partial charge in [-0.05, 0) is 18.9 Å². The number of ketones is 1. The van der Waals surface area contributed by atoms with Crippen LogP contribution in [-0.4, -0.2) is 21.4 Å². The molecule has 0 aliphatic carbocycles. The van der Waals surface area contributed by atoms with Gasteiger partial charge in [0.05, 0.1) is 0 Å². The van der Waals surface area contributed by atoms with E-state index in [4.69, 9.17) is 5.11 Å². The molecule has 0 aliphatic heterocycles. The lowest BCUT2D eigenvalue weighted by atomic mass is 9.93. The van der Waals surface area contributed by atoms with Crippen molar-refractivity contribution in [2.75, 3.05) is 0 Å². The maximum atomic E-state index is 13.1. The Kier molecular flexibility index (Phi) is 9.26. The number of aryl methyl sites for hydroxylation is 1. The van der Waals surface area contributed by atoms with Crippen LogP contribution in [0.1, 0.15) is 88.4 Å². The maximum absolute atomic E-state index is 13.1. The number of benzene rings is 1. The summed E-state index contributed by atoms with van der Waals surface area (Å²) in [5, 5.41) is 9.85. The van der Waals surface area contributed by atoms with Gasteiger partial charge in [0.2, 0.25) is 0 Å². The number of carboxylic acids is 1. The third-order valence-corrected chi connectivity index (χ3v) is 5.53. The van der Waals surface area contributed by atoms with Gasteiger partial charge >= 0.3 is 5.97 Å². The van der Waals surface area contributed by atoms with E-state index in [9.17, 15) is 9.59 Å². The van der Waals surface area contributed by atoms with Crippen molar-refractivity contribution in [1.82, 2.24) is 4.57 Å². The first-order valence-electron chi connectivity index (χ1n) is 10.9. The molecule has 2 rings (SSSR count). The largest absolute Gasteiger partial charge is 0.481 e. The smallest absolute Gasteiger partial charge is 0.303 e. The molecule has 0 saturated heterocycles. The molecular weight excluding hydrogens is 350 g/mol. The van der Waals surface area contributed by atoms with Crippen molar-refractivity contribution in [2.24, 2.45) is 5.92 Å². The zero-order valence-corrected chi connectivity index (χ0v) is 17.5. The molecule has 0 bridgehead atoms. The van der Waals surface area contributed by atoms with Crippen molar-refractivity contribution in [3.63, 3.8) is 0 Å². The Morgan fingerprint density at radius 2 is 1.68 bits per heavy atom. The molecule has 1 atom stereocenters. The predicted octanol–water partition coefficient (Wildman–Crippen LogP) is 6.47. The number of hydrogen-bond donors (Lipinski definition) is 1. The van der Waals surface area contributed by atoms with E-state index in [1.807, 2.05) is 42.0 Å². The molecule has 0 saturated carbocycles. The standard InChI is InChI=1S/C24H35NO3/c1-3-4-5-6-7-8-9-13-19(2)24(28)21-18-25(17-12-16-23(26)27)22-15-11-10-14-20(21)22/h10-11,14-15,18-19H,3-9,12-13,16-17H2,1-2H3,(H,26,27). The van der Waals surface area contributed by atoms with Crippen molar-refractivity contribution in [2.45, 2.75) is 84.6 Å². The van der Waals surface area contributed by atoms with Gasteiger partial charge in [-0.3, -0.25) is 9.59 Å². The van der Waals surface area contributed by atoms with Crippen LogP contribution < -0.4 is 0 Å². The second kappa shape index (κ2) is 11.7. The molecule has 1 N–H and O–H groups in total. The van der Waals surface area contributed by atoms with Gasteiger partial charge in [-0.25, -0.2) is 0 Å². The van der Waals surface area contributed by atoms with Gasteiger partial charge in [0.25, 0.3) is 0 Å². The van der Waals surface area contributed by atoms with Gasteiger partial charge in [-0.1, -0.05) is 77.0 Å². The Balaban J connectivity index is 1.95. The highest BCUT2D eigenvalue weighted by Crippen LogP contribution is 2.26. The highest BCUT2D eigenvalue weighted by molar-refractivity contribution is 6.09. The number of aliphatic carboxylic acids is 1. The number of carbonyl (C=O) groups excluding carboxylic acids is 1. The topological polar surface area (TPSA) is 59.3 Å². The number of carboxylic acid groups (broad SMARTS) is 1. The summed E-state index contributed by atoms with van der Waals surface area (Å²) in [4.78, 5) is 23.8. The van der Waals surface area contributed by atoms with Gasteiger partial charge in [0.15, 0.2) is 5.78 Å². The first kappa shape index (κ1) is 22.2. The molecule has 0 amide bonds. The van der Waals surface area contributed by atoms with E-state index < -0.39 is 5.97 Å². The normalized spacial score (nSPS) is 12.4. The number of nitrogens with zero attached hydrogens (tertiary/aromatic N) is 1. The molecule has 4 heteroatoms. The Morgan fingerprint density at radius 1 is 1.00 bits per heavy atom. The molecule has 0 fully saturated rings. The number of rotatable bonds is 14. The van der Waals surface area contributed by atoms with Crippen LogP contribution in [0.2, 0.25) is 0 Å². The highest BCUT2D eigenvalue weighted by Gasteiger charge is 2.20. The van der Waals surface area contributed by atoms with Crippen LogP contribution >= 0.6 is 0 Å². The molecule has 1 heterocycles. The fourth-order valence-corrected chi connectivity index (χ4v) is 3.83. The van der Waals surface area contributed by atoms with Crippen molar-refractivity contribution in [3.05, 3.63) is 36.0 Å². The molecular formula is C24H35NO3. The van der Waals surface area contributed by atoms with Crippen LogP contribution in [-0.2, 0) is 11.3 Å². The first-order valence-corrected chi connectivity index (χ1v) is 10.9. The van der Waals surface area contributed by atoms with E-state index in [1.165, 1.54) is 38.5 Å². The van der Waals surface area contributed by atoms with Crippen LogP contribution in [0.25, 0.3) is 10.9 Å². The number of fused-ring (bicyclic) bond motifs is 1. The van der Waals surface area contributed by atoms with Crippen LogP contribution in [0.5, 0.6) is 0 Å². The predicted molar refractivity (Wildman–Crippen MR) is 115 cm³/mol. The fraction of sp³-hybridized carbons (Fsp3) is 0.583. The highest BCUT2D eigenvalue weighted by atomic mass is 16.4. The van der Waals surface area contributed by atoms with E-state index in [0.29, 0.717) is 13.0 Å². The summed E-state index contributed by atoms with van der Waals surface area (Å²) in [6, 6.07) is 7.93. The summed E-state index contributed by atoms with van der Waals surface area (Å²) in [5.74, 6) is -0.552. The van der Waals surface area contributed by atoms with Crippen LogP contribution in [0.3, 0.4) is 0 Å².